The number of sulfonamides is 1. The van der Waals surface area contributed by atoms with Crippen LogP contribution in [0.4, 0.5) is 0 Å². The highest BCUT2D eigenvalue weighted by atomic mass is 32.2. The van der Waals surface area contributed by atoms with E-state index >= 15 is 0 Å². The van der Waals surface area contributed by atoms with Crippen molar-refractivity contribution < 1.29 is 13.2 Å². The molecule has 0 atom stereocenters. The Kier molecular flexibility index (Phi) is 7.08. The second-order valence-electron chi connectivity index (χ2n) is 3.66. The van der Waals surface area contributed by atoms with Crippen molar-refractivity contribution in [2.24, 2.45) is 5.73 Å². The van der Waals surface area contributed by atoms with E-state index in [0.29, 0.717) is 19.5 Å². The minimum atomic E-state index is -3.20. The molecule has 0 unspecified atom stereocenters. The third-order valence-electron chi connectivity index (χ3n) is 2.06. The summed E-state index contributed by atoms with van der Waals surface area (Å²) in [7, 11) is -1.71. The van der Waals surface area contributed by atoms with Gasteiger partial charge < -0.3 is 10.5 Å². The molecule has 0 aromatic rings. The molecule has 5 nitrogen and oxygen atoms in total. The van der Waals surface area contributed by atoms with Crippen molar-refractivity contribution in [3.63, 3.8) is 0 Å². The van der Waals surface area contributed by atoms with Gasteiger partial charge in [0.2, 0.25) is 10.0 Å². The Morgan fingerprint density at radius 2 is 2.00 bits per heavy atom. The van der Waals surface area contributed by atoms with Crippen LogP contribution in [-0.2, 0) is 14.8 Å². The maximum absolute atomic E-state index is 11.8. The summed E-state index contributed by atoms with van der Waals surface area (Å²) >= 11 is 0. The van der Waals surface area contributed by atoms with Crippen molar-refractivity contribution in [2.45, 2.75) is 26.3 Å². The summed E-state index contributed by atoms with van der Waals surface area (Å²) in [6.07, 6.45) is 0.685. The van der Waals surface area contributed by atoms with E-state index in [1.54, 1.807) is 0 Å². The summed E-state index contributed by atoms with van der Waals surface area (Å²) in [6, 6.07) is -0.0293. The molecule has 2 N–H and O–H groups in total. The fraction of sp³-hybridized carbons (Fsp3) is 1.00. The zero-order valence-electron chi connectivity index (χ0n) is 9.77. The molecule has 0 aromatic heterocycles. The lowest BCUT2D eigenvalue weighted by atomic mass is 10.3. The van der Waals surface area contributed by atoms with Gasteiger partial charge in [0.1, 0.15) is 0 Å². The van der Waals surface area contributed by atoms with Gasteiger partial charge in [-0.1, -0.05) is 0 Å². The van der Waals surface area contributed by atoms with Gasteiger partial charge in [-0.15, -0.1) is 0 Å². The molecule has 0 amide bonds. The summed E-state index contributed by atoms with van der Waals surface area (Å²) in [4.78, 5) is 0. The first-order chi connectivity index (χ1) is 6.95. The molecule has 0 fully saturated rings. The Bertz CT molecular complexity index is 252. The first-order valence-electron chi connectivity index (χ1n) is 5.14. The van der Waals surface area contributed by atoms with Crippen molar-refractivity contribution in [2.75, 3.05) is 32.6 Å². The molecule has 0 spiro atoms. The van der Waals surface area contributed by atoms with Crippen LogP contribution in [0.5, 0.6) is 0 Å². The van der Waals surface area contributed by atoms with Crippen LogP contribution in [0, 0.1) is 0 Å². The highest BCUT2D eigenvalue weighted by Gasteiger charge is 2.23. The number of ether oxygens (including phenoxy) is 1. The molecule has 0 rings (SSSR count). The Hall–Kier alpha value is -0.170. The Labute approximate surface area is 92.6 Å². The highest BCUT2D eigenvalue weighted by Crippen LogP contribution is 2.08. The first kappa shape index (κ1) is 14.8. The zero-order valence-corrected chi connectivity index (χ0v) is 10.6. The lowest BCUT2D eigenvalue weighted by molar-refractivity contribution is 0.214. The van der Waals surface area contributed by atoms with Crippen molar-refractivity contribution in [1.29, 1.82) is 0 Å². The quantitative estimate of drug-likeness (QED) is 0.647. The van der Waals surface area contributed by atoms with Gasteiger partial charge in [0, 0.05) is 19.7 Å². The molecule has 15 heavy (non-hydrogen) atoms. The van der Waals surface area contributed by atoms with E-state index in [1.165, 1.54) is 11.4 Å². The van der Waals surface area contributed by atoms with E-state index in [0.717, 1.165) is 0 Å². The van der Waals surface area contributed by atoms with Gasteiger partial charge in [0.25, 0.3) is 0 Å². The van der Waals surface area contributed by atoms with Crippen LogP contribution in [-0.4, -0.2) is 51.3 Å². The fourth-order valence-corrected chi connectivity index (χ4v) is 2.93. The molecule has 0 bridgehead atoms. The Balaban J connectivity index is 4.45. The summed E-state index contributed by atoms with van der Waals surface area (Å²) in [5.41, 5.74) is 5.37. The fourth-order valence-electron chi connectivity index (χ4n) is 1.27. The van der Waals surface area contributed by atoms with Crippen LogP contribution in [0.15, 0.2) is 0 Å². The zero-order chi connectivity index (χ0) is 11.9. The molecular weight excluding hydrogens is 216 g/mol. The SMILES string of the molecule is COCCS(=O)(=O)N(CCCN)C(C)C. The predicted octanol–water partition coefficient (Wildman–Crippen LogP) is 0.0218. The molecule has 6 heteroatoms. The van der Waals surface area contributed by atoms with E-state index in [1.807, 2.05) is 13.8 Å². The maximum Gasteiger partial charge on any atom is 0.216 e. The van der Waals surface area contributed by atoms with E-state index in [2.05, 4.69) is 0 Å². The normalized spacial score (nSPS) is 12.7. The average Bonchev–Trinajstić information content (AvgIpc) is 2.14. The van der Waals surface area contributed by atoms with E-state index in [9.17, 15) is 8.42 Å². The lowest BCUT2D eigenvalue weighted by Gasteiger charge is -2.25. The predicted molar refractivity (Wildman–Crippen MR) is 61.2 cm³/mol. The Morgan fingerprint density at radius 1 is 1.40 bits per heavy atom. The summed E-state index contributed by atoms with van der Waals surface area (Å²) in [6.45, 7) is 4.94. The largest absolute Gasteiger partial charge is 0.384 e. The number of hydrogen-bond donors (Lipinski definition) is 1. The van der Waals surface area contributed by atoms with Crippen LogP contribution in [0.2, 0.25) is 0 Å². The second-order valence-corrected chi connectivity index (χ2v) is 5.70. The van der Waals surface area contributed by atoms with E-state index < -0.39 is 10.0 Å². The van der Waals surface area contributed by atoms with Gasteiger partial charge in [0.15, 0.2) is 0 Å². The van der Waals surface area contributed by atoms with Crippen molar-refractivity contribution in [1.82, 2.24) is 4.31 Å². The van der Waals surface area contributed by atoms with Crippen LogP contribution in [0.25, 0.3) is 0 Å². The molecule has 0 aliphatic carbocycles. The van der Waals surface area contributed by atoms with E-state index in [4.69, 9.17) is 10.5 Å². The number of rotatable bonds is 8. The topological polar surface area (TPSA) is 72.6 Å². The van der Waals surface area contributed by atoms with Gasteiger partial charge in [-0.05, 0) is 26.8 Å². The van der Waals surface area contributed by atoms with Gasteiger partial charge >= 0.3 is 0 Å². The van der Waals surface area contributed by atoms with Gasteiger partial charge in [-0.25, -0.2) is 8.42 Å². The lowest BCUT2D eigenvalue weighted by Crippen LogP contribution is -2.40. The molecule has 0 aliphatic rings. The van der Waals surface area contributed by atoms with Crippen molar-refractivity contribution in [3.05, 3.63) is 0 Å². The molecule has 0 radical (unpaired) electrons. The van der Waals surface area contributed by atoms with Crippen LogP contribution >= 0.6 is 0 Å². The minimum Gasteiger partial charge on any atom is -0.384 e. The monoisotopic (exact) mass is 238 g/mol. The third-order valence-corrected chi connectivity index (χ3v) is 4.06. The Morgan fingerprint density at radius 3 is 2.40 bits per heavy atom. The molecule has 0 heterocycles. The van der Waals surface area contributed by atoms with Gasteiger partial charge in [-0.2, -0.15) is 4.31 Å². The second kappa shape index (κ2) is 7.16. The summed E-state index contributed by atoms with van der Waals surface area (Å²) < 4.78 is 30.0. The van der Waals surface area contributed by atoms with E-state index in [-0.39, 0.29) is 18.4 Å². The molecule has 92 valence electrons. The average molecular weight is 238 g/mol. The number of nitrogens with zero attached hydrogens (tertiary/aromatic N) is 1. The standard InChI is InChI=1S/C9H22N2O3S/c1-9(2)11(6-4-5-10)15(12,13)8-7-14-3/h9H,4-8,10H2,1-3H3. The molecular formula is C9H22N2O3S. The van der Waals surface area contributed by atoms with Crippen LogP contribution < -0.4 is 5.73 Å². The number of hydrogen-bond acceptors (Lipinski definition) is 4. The molecule has 0 aliphatic heterocycles. The van der Waals surface area contributed by atoms with Gasteiger partial charge in [0.05, 0.1) is 12.4 Å². The number of nitrogens with two attached hydrogens (primary N) is 1. The van der Waals surface area contributed by atoms with Crippen molar-refractivity contribution >= 4 is 10.0 Å². The van der Waals surface area contributed by atoms with Crippen molar-refractivity contribution in [3.8, 4) is 0 Å². The maximum atomic E-state index is 11.8. The number of methoxy groups -OCH3 is 1. The smallest absolute Gasteiger partial charge is 0.216 e. The highest BCUT2D eigenvalue weighted by molar-refractivity contribution is 7.89. The molecule has 0 aromatic carbocycles. The van der Waals surface area contributed by atoms with Crippen LogP contribution in [0.3, 0.4) is 0 Å². The third kappa shape index (κ3) is 5.46. The summed E-state index contributed by atoms with van der Waals surface area (Å²) in [5, 5.41) is 0. The first-order valence-corrected chi connectivity index (χ1v) is 6.75. The minimum absolute atomic E-state index is 0.0293. The van der Waals surface area contributed by atoms with Gasteiger partial charge in [-0.3, -0.25) is 0 Å². The summed E-state index contributed by atoms with van der Waals surface area (Å²) in [5.74, 6) is 0.0340. The molecule has 0 saturated carbocycles. The van der Waals surface area contributed by atoms with Crippen LogP contribution in [0.1, 0.15) is 20.3 Å². The molecule has 0 saturated heterocycles.